The largest absolute Gasteiger partial charge is 0.399 e. The van der Waals surface area contributed by atoms with Crippen LogP contribution in [0.1, 0.15) is 46.0 Å². The molecule has 2 aliphatic rings. The lowest BCUT2D eigenvalue weighted by atomic mass is 10.0. The van der Waals surface area contributed by atoms with E-state index in [2.05, 4.69) is 18.7 Å². The molecular formula is C16H22N2OS. The van der Waals surface area contributed by atoms with E-state index in [1.165, 1.54) is 12.8 Å². The van der Waals surface area contributed by atoms with Crippen LogP contribution in [0.3, 0.4) is 0 Å². The van der Waals surface area contributed by atoms with E-state index in [4.69, 9.17) is 5.73 Å². The van der Waals surface area contributed by atoms with Gasteiger partial charge in [-0.3, -0.25) is 4.79 Å². The number of thioether (sulfide) groups is 1. The molecular weight excluding hydrogens is 268 g/mol. The number of fused-ring (bicyclic) bond motifs is 1. The Morgan fingerprint density at radius 3 is 2.75 bits per heavy atom. The topological polar surface area (TPSA) is 46.3 Å². The zero-order valence-electron chi connectivity index (χ0n) is 12.2. The van der Waals surface area contributed by atoms with E-state index in [0.717, 1.165) is 35.5 Å². The van der Waals surface area contributed by atoms with Gasteiger partial charge in [0.2, 0.25) is 5.91 Å². The van der Waals surface area contributed by atoms with E-state index >= 15 is 0 Å². The number of benzene rings is 1. The quantitative estimate of drug-likeness (QED) is 0.842. The third-order valence-electron chi connectivity index (χ3n) is 4.61. The van der Waals surface area contributed by atoms with Gasteiger partial charge in [0.05, 0.1) is 10.4 Å². The Balaban J connectivity index is 2.09. The second-order valence-electron chi connectivity index (χ2n) is 6.03. The smallest absolute Gasteiger partial charge is 0.243 e. The average Bonchev–Trinajstić information content (AvgIpc) is 2.94. The zero-order valence-corrected chi connectivity index (χ0v) is 13.0. The van der Waals surface area contributed by atoms with Gasteiger partial charge in [0.1, 0.15) is 0 Å². The van der Waals surface area contributed by atoms with Crippen LogP contribution >= 0.6 is 11.8 Å². The predicted molar refractivity (Wildman–Crippen MR) is 85.1 cm³/mol. The highest BCUT2D eigenvalue weighted by Gasteiger charge is 2.44. The Morgan fingerprint density at radius 1 is 1.40 bits per heavy atom. The number of hydrogen-bond donors (Lipinski definition) is 1. The molecule has 0 radical (unpaired) electrons. The Morgan fingerprint density at radius 2 is 2.10 bits per heavy atom. The van der Waals surface area contributed by atoms with Crippen molar-refractivity contribution in [2.45, 2.75) is 61.6 Å². The minimum absolute atomic E-state index is 0.272. The van der Waals surface area contributed by atoms with Crippen LogP contribution in [-0.2, 0) is 4.79 Å². The number of rotatable bonds is 2. The highest BCUT2D eigenvalue weighted by atomic mass is 32.2. The molecule has 108 valence electrons. The Kier molecular flexibility index (Phi) is 3.44. The van der Waals surface area contributed by atoms with Gasteiger partial charge in [-0.05, 0) is 44.4 Å². The van der Waals surface area contributed by atoms with Crippen molar-refractivity contribution in [3.8, 4) is 0 Å². The fourth-order valence-electron chi connectivity index (χ4n) is 3.21. The predicted octanol–water partition coefficient (Wildman–Crippen LogP) is 3.82. The molecule has 0 aromatic heterocycles. The average molecular weight is 290 g/mol. The van der Waals surface area contributed by atoms with Crippen molar-refractivity contribution in [1.29, 1.82) is 0 Å². The molecule has 1 amide bonds. The summed E-state index contributed by atoms with van der Waals surface area (Å²) in [5.41, 5.74) is 7.76. The molecule has 1 aromatic carbocycles. The van der Waals surface area contributed by atoms with E-state index in [9.17, 15) is 4.79 Å². The van der Waals surface area contributed by atoms with Crippen LogP contribution in [-0.4, -0.2) is 16.7 Å². The van der Waals surface area contributed by atoms with E-state index < -0.39 is 0 Å². The lowest BCUT2D eigenvalue weighted by Crippen LogP contribution is -2.51. The molecule has 3 rings (SSSR count). The van der Waals surface area contributed by atoms with Gasteiger partial charge in [0, 0.05) is 16.6 Å². The third kappa shape index (κ3) is 2.10. The van der Waals surface area contributed by atoms with Crippen LogP contribution in [0.2, 0.25) is 0 Å². The van der Waals surface area contributed by atoms with E-state index in [0.29, 0.717) is 6.04 Å². The molecule has 1 aliphatic carbocycles. The van der Waals surface area contributed by atoms with Gasteiger partial charge in [-0.15, -0.1) is 11.8 Å². The third-order valence-corrected chi connectivity index (χ3v) is 6.08. The molecule has 1 atom stereocenters. The first kappa shape index (κ1) is 13.8. The zero-order chi connectivity index (χ0) is 14.3. The molecule has 1 fully saturated rings. The highest BCUT2D eigenvalue weighted by Crippen LogP contribution is 2.49. The van der Waals surface area contributed by atoms with Gasteiger partial charge in [-0.25, -0.2) is 0 Å². The van der Waals surface area contributed by atoms with Gasteiger partial charge in [-0.2, -0.15) is 0 Å². The van der Waals surface area contributed by atoms with Crippen molar-refractivity contribution in [2.24, 2.45) is 0 Å². The second-order valence-corrected chi connectivity index (χ2v) is 7.57. The summed E-state index contributed by atoms with van der Waals surface area (Å²) in [6, 6.07) is 6.31. The fraction of sp³-hybridized carbons (Fsp3) is 0.562. The number of carbonyl (C=O) groups excluding carboxylic acids is 1. The lowest BCUT2D eigenvalue weighted by Gasteiger charge is -2.42. The maximum atomic E-state index is 13.0. The molecule has 0 spiro atoms. The summed E-state index contributed by atoms with van der Waals surface area (Å²) in [4.78, 5) is 16.2. The number of nitrogens with zero attached hydrogens (tertiary/aromatic N) is 1. The Labute approximate surface area is 124 Å². The van der Waals surface area contributed by atoms with E-state index in [1.54, 1.807) is 11.8 Å². The minimum Gasteiger partial charge on any atom is -0.399 e. The summed E-state index contributed by atoms with van der Waals surface area (Å²) in [5, 5.41) is 0. The van der Waals surface area contributed by atoms with Gasteiger partial charge < -0.3 is 10.6 Å². The maximum Gasteiger partial charge on any atom is 0.243 e. The fourth-order valence-corrected chi connectivity index (χ4v) is 4.49. The van der Waals surface area contributed by atoms with E-state index in [1.807, 2.05) is 18.2 Å². The van der Waals surface area contributed by atoms with Crippen LogP contribution in [0, 0.1) is 0 Å². The van der Waals surface area contributed by atoms with Crippen LogP contribution in [0.5, 0.6) is 0 Å². The first-order chi connectivity index (χ1) is 9.55. The van der Waals surface area contributed by atoms with Crippen molar-refractivity contribution in [2.75, 3.05) is 10.6 Å². The summed E-state index contributed by atoms with van der Waals surface area (Å²) in [7, 11) is 0. The van der Waals surface area contributed by atoms with Crippen LogP contribution in [0.4, 0.5) is 11.4 Å². The Hall–Kier alpha value is -1.16. The summed E-state index contributed by atoms with van der Waals surface area (Å²) < 4.78 is -0.358. The molecule has 1 aliphatic heterocycles. The standard InChI is InChI=1S/C16H22N2OS/c1-3-16(2)15(19)18(12-6-4-5-7-12)13-9-8-11(17)10-14(13)20-16/h8-10,12H,3-7,17H2,1-2H3. The number of amides is 1. The number of anilines is 2. The van der Waals surface area contributed by atoms with Crippen molar-refractivity contribution >= 4 is 29.0 Å². The molecule has 2 N–H and O–H groups in total. The number of nitrogens with two attached hydrogens (primary N) is 1. The molecule has 1 saturated carbocycles. The Bertz CT molecular complexity index is 539. The lowest BCUT2D eigenvalue weighted by molar-refractivity contribution is -0.121. The van der Waals surface area contributed by atoms with E-state index in [-0.39, 0.29) is 10.7 Å². The maximum absolute atomic E-state index is 13.0. The molecule has 3 nitrogen and oxygen atoms in total. The van der Waals surface area contributed by atoms with Gasteiger partial charge in [0.15, 0.2) is 0 Å². The van der Waals surface area contributed by atoms with Gasteiger partial charge in [-0.1, -0.05) is 19.8 Å². The van der Waals surface area contributed by atoms with Crippen LogP contribution < -0.4 is 10.6 Å². The monoisotopic (exact) mass is 290 g/mol. The SMILES string of the molecule is CCC1(C)Sc2cc(N)ccc2N(C2CCCC2)C1=O. The summed E-state index contributed by atoms with van der Waals surface area (Å²) in [6.07, 6.45) is 5.55. The molecule has 0 bridgehead atoms. The van der Waals surface area contributed by atoms with Crippen molar-refractivity contribution in [1.82, 2.24) is 0 Å². The van der Waals surface area contributed by atoms with Crippen molar-refractivity contribution < 1.29 is 4.79 Å². The number of hydrogen-bond acceptors (Lipinski definition) is 3. The van der Waals surface area contributed by atoms with Crippen molar-refractivity contribution in [3.05, 3.63) is 18.2 Å². The summed E-state index contributed by atoms with van der Waals surface area (Å²) in [6.45, 7) is 4.16. The normalized spacial score (nSPS) is 26.9. The second kappa shape index (κ2) is 4.99. The molecule has 0 saturated heterocycles. The highest BCUT2D eigenvalue weighted by molar-refractivity contribution is 8.01. The first-order valence-corrected chi connectivity index (χ1v) is 8.29. The summed E-state index contributed by atoms with van der Waals surface area (Å²) >= 11 is 1.67. The van der Waals surface area contributed by atoms with Gasteiger partial charge in [0.25, 0.3) is 0 Å². The molecule has 4 heteroatoms. The molecule has 20 heavy (non-hydrogen) atoms. The van der Waals surface area contributed by atoms with Crippen LogP contribution in [0.25, 0.3) is 0 Å². The van der Waals surface area contributed by atoms with Crippen molar-refractivity contribution in [3.63, 3.8) is 0 Å². The van der Waals surface area contributed by atoms with Crippen LogP contribution in [0.15, 0.2) is 23.1 Å². The van der Waals surface area contributed by atoms with Gasteiger partial charge >= 0.3 is 0 Å². The number of carbonyl (C=O) groups is 1. The molecule has 1 unspecified atom stereocenters. The number of nitrogen functional groups attached to an aromatic ring is 1. The molecule has 1 aromatic rings. The molecule has 1 heterocycles. The first-order valence-electron chi connectivity index (χ1n) is 7.47. The minimum atomic E-state index is -0.358. The summed E-state index contributed by atoms with van der Waals surface area (Å²) in [5.74, 6) is 0.272.